The second-order valence-corrected chi connectivity index (χ2v) is 5.99. The molecule has 2 aliphatic rings. The highest BCUT2D eigenvalue weighted by Gasteiger charge is 2.25. The predicted octanol–water partition coefficient (Wildman–Crippen LogP) is 5.02. The SMILES string of the molecule is CCC(C)COC.CCC1=C2C=CCC2C(C)CC=N1. The van der Waals surface area contributed by atoms with Crippen LogP contribution >= 0.6 is 0 Å². The van der Waals surface area contributed by atoms with Crippen molar-refractivity contribution >= 4 is 6.21 Å². The molecule has 0 aromatic rings. The van der Waals surface area contributed by atoms with E-state index in [1.807, 2.05) is 0 Å². The van der Waals surface area contributed by atoms with Crippen molar-refractivity contribution in [2.24, 2.45) is 22.7 Å². The number of ether oxygens (including phenoxy) is 1. The molecule has 3 unspecified atom stereocenters. The zero-order chi connectivity index (χ0) is 15.0. The van der Waals surface area contributed by atoms with Crippen molar-refractivity contribution in [3.63, 3.8) is 0 Å². The molecule has 1 aliphatic carbocycles. The number of hydrogen-bond acceptors (Lipinski definition) is 2. The zero-order valence-electron chi connectivity index (χ0n) is 13.9. The molecule has 0 saturated carbocycles. The molecule has 0 N–H and O–H groups in total. The smallest absolute Gasteiger partial charge is 0.0487 e. The van der Waals surface area contributed by atoms with Crippen LogP contribution in [0, 0.1) is 17.8 Å². The molecule has 0 radical (unpaired) electrons. The van der Waals surface area contributed by atoms with Gasteiger partial charge in [0.2, 0.25) is 0 Å². The fourth-order valence-electron chi connectivity index (χ4n) is 2.71. The lowest BCUT2D eigenvalue weighted by molar-refractivity contribution is 0.158. The largest absolute Gasteiger partial charge is 0.384 e. The van der Waals surface area contributed by atoms with E-state index in [2.05, 4.69) is 51.1 Å². The Morgan fingerprint density at radius 2 is 2.10 bits per heavy atom. The van der Waals surface area contributed by atoms with E-state index < -0.39 is 0 Å². The van der Waals surface area contributed by atoms with Crippen LogP contribution in [0.25, 0.3) is 0 Å². The van der Waals surface area contributed by atoms with Crippen molar-refractivity contribution in [2.45, 2.75) is 53.4 Å². The maximum Gasteiger partial charge on any atom is 0.0487 e. The molecule has 1 aliphatic heterocycles. The Kier molecular flexibility index (Phi) is 7.83. The number of fused-ring (bicyclic) bond motifs is 1. The molecule has 0 saturated heterocycles. The Bertz CT molecular complexity index is 368. The summed E-state index contributed by atoms with van der Waals surface area (Å²) in [6, 6.07) is 0. The van der Waals surface area contributed by atoms with Crippen LogP contribution in [0.5, 0.6) is 0 Å². The molecule has 0 spiro atoms. The first kappa shape index (κ1) is 17.2. The summed E-state index contributed by atoms with van der Waals surface area (Å²) in [6.07, 6.45) is 11.3. The molecule has 2 nitrogen and oxygen atoms in total. The molecule has 0 aromatic carbocycles. The van der Waals surface area contributed by atoms with E-state index in [1.165, 1.54) is 24.1 Å². The summed E-state index contributed by atoms with van der Waals surface area (Å²) in [6.45, 7) is 9.78. The maximum absolute atomic E-state index is 4.89. The fraction of sp³-hybridized carbons (Fsp3) is 0.722. The first-order valence-corrected chi connectivity index (χ1v) is 8.04. The second-order valence-electron chi connectivity index (χ2n) is 5.99. The van der Waals surface area contributed by atoms with Crippen LogP contribution in [0.15, 0.2) is 28.4 Å². The average molecular weight is 277 g/mol. The molecule has 0 fully saturated rings. The number of nitrogens with zero attached hydrogens (tertiary/aromatic N) is 1. The quantitative estimate of drug-likeness (QED) is 0.707. The van der Waals surface area contributed by atoms with Crippen LogP contribution in [0.3, 0.4) is 0 Å². The van der Waals surface area contributed by atoms with E-state index in [4.69, 9.17) is 4.74 Å². The third kappa shape index (κ3) is 4.90. The van der Waals surface area contributed by atoms with Crippen molar-refractivity contribution in [3.05, 3.63) is 23.4 Å². The topological polar surface area (TPSA) is 21.6 Å². The Morgan fingerprint density at radius 1 is 1.35 bits per heavy atom. The number of methoxy groups -OCH3 is 1. The van der Waals surface area contributed by atoms with Gasteiger partial charge in [-0.3, -0.25) is 4.99 Å². The first-order chi connectivity index (χ1) is 9.63. The van der Waals surface area contributed by atoms with Gasteiger partial charge < -0.3 is 4.74 Å². The Labute approximate surface area is 125 Å². The predicted molar refractivity (Wildman–Crippen MR) is 88.2 cm³/mol. The number of hydrogen-bond donors (Lipinski definition) is 0. The third-order valence-corrected chi connectivity index (χ3v) is 4.31. The van der Waals surface area contributed by atoms with Crippen LogP contribution in [0.2, 0.25) is 0 Å². The molecule has 2 heteroatoms. The van der Waals surface area contributed by atoms with Crippen molar-refractivity contribution in [3.8, 4) is 0 Å². The zero-order valence-corrected chi connectivity index (χ0v) is 13.9. The van der Waals surface area contributed by atoms with E-state index in [0.29, 0.717) is 0 Å². The van der Waals surface area contributed by atoms with Gasteiger partial charge in [-0.1, -0.05) is 46.3 Å². The summed E-state index contributed by atoms with van der Waals surface area (Å²) in [5, 5.41) is 0. The molecular weight excluding hydrogens is 246 g/mol. The van der Waals surface area contributed by atoms with Gasteiger partial charge >= 0.3 is 0 Å². The van der Waals surface area contributed by atoms with Gasteiger partial charge in [-0.2, -0.15) is 0 Å². The van der Waals surface area contributed by atoms with Gasteiger partial charge in [0, 0.05) is 25.6 Å². The van der Waals surface area contributed by atoms with E-state index >= 15 is 0 Å². The highest BCUT2D eigenvalue weighted by atomic mass is 16.5. The Balaban J connectivity index is 0.000000246. The third-order valence-electron chi connectivity index (χ3n) is 4.31. The van der Waals surface area contributed by atoms with Gasteiger partial charge in [0.05, 0.1) is 0 Å². The molecule has 20 heavy (non-hydrogen) atoms. The molecule has 3 atom stereocenters. The molecular formula is C18H31NO. The lowest BCUT2D eigenvalue weighted by Crippen LogP contribution is -2.09. The highest BCUT2D eigenvalue weighted by Crippen LogP contribution is 2.37. The number of allylic oxidation sites excluding steroid dienone is 4. The van der Waals surface area contributed by atoms with Crippen LogP contribution < -0.4 is 0 Å². The van der Waals surface area contributed by atoms with Crippen LogP contribution in [-0.2, 0) is 4.74 Å². The monoisotopic (exact) mass is 277 g/mol. The molecule has 2 rings (SSSR count). The highest BCUT2D eigenvalue weighted by molar-refractivity contribution is 5.61. The molecule has 0 bridgehead atoms. The Hall–Kier alpha value is -0.890. The maximum atomic E-state index is 4.89. The second kappa shape index (κ2) is 9.12. The van der Waals surface area contributed by atoms with Gasteiger partial charge in [0.15, 0.2) is 0 Å². The minimum absolute atomic E-state index is 0.727. The van der Waals surface area contributed by atoms with Crippen LogP contribution in [0.4, 0.5) is 0 Å². The average Bonchev–Trinajstić information content (AvgIpc) is 2.88. The van der Waals surface area contributed by atoms with Crippen molar-refractivity contribution < 1.29 is 4.74 Å². The van der Waals surface area contributed by atoms with Gasteiger partial charge in [-0.25, -0.2) is 0 Å². The van der Waals surface area contributed by atoms with Crippen molar-refractivity contribution in [2.75, 3.05) is 13.7 Å². The minimum atomic E-state index is 0.727. The van der Waals surface area contributed by atoms with Crippen LogP contribution in [0.1, 0.15) is 53.4 Å². The Morgan fingerprint density at radius 3 is 2.65 bits per heavy atom. The van der Waals surface area contributed by atoms with E-state index in [1.54, 1.807) is 7.11 Å². The van der Waals surface area contributed by atoms with Gasteiger partial charge in [0.1, 0.15) is 0 Å². The van der Waals surface area contributed by atoms with Gasteiger partial charge in [-0.05, 0) is 42.6 Å². The summed E-state index contributed by atoms with van der Waals surface area (Å²) in [5.74, 6) is 2.24. The standard InChI is InChI=1S/C12H17N.C6H14O/c1-3-12-11-6-4-5-10(11)9(2)7-8-13-12;1-4-6(2)5-7-3/h4,6,8-10H,3,5,7H2,1-2H3;6H,4-5H2,1-3H3. The normalized spacial score (nSPS) is 25.9. The number of rotatable bonds is 4. The summed E-state index contributed by atoms with van der Waals surface area (Å²) in [4.78, 5) is 4.54. The molecule has 0 amide bonds. The summed E-state index contributed by atoms with van der Waals surface area (Å²) in [5.41, 5.74) is 2.81. The van der Waals surface area contributed by atoms with Gasteiger partial charge in [0.25, 0.3) is 0 Å². The minimum Gasteiger partial charge on any atom is -0.384 e. The molecule has 114 valence electrons. The van der Waals surface area contributed by atoms with E-state index in [9.17, 15) is 0 Å². The lowest BCUT2D eigenvalue weighted by atomic mass is 9.86. The van der Waals surface area contributed by atoms with Crippen LogP contribution in [-0.4, -0.2) is 19.9 Å². The lowest BCUT2D eigenvalue weighted by Gasteiger charge is -2.18. The summed E-state index contributed by atoms with van der Waals surface area (Å²) < 4.78 is 4.89. The van der Waals surface area contributed by atoms with Crippen molar-refractivity contribution in [1.29, 1.82) is 0 Å². The van der Waals surface area contributed by atoms with E-state index in [0.717, 1.165) is 37.2 Å². The van der Waals surface area contributed by atoms with E-state index in [-0.39, 0.29) is 0 Å². The summed E-state index contributed by atoms with van der Waals surface area (Å²) in [7, 11) is 1.74. The molecule has 0 aromatic heterocycles. The fourth-order valence-corrected chi connectivity index (χ4v) is 2.71. The van der Waals surface area contributed by atoms with Gasteiger partial charge in [-0.15, -0.1) is 0 Å². The summed E-state index contributed by atoms with van der Waals surface area (Å²) >= 11 is 0. The van der Waals surface area contributed by atoms with Crippen molar-refractivity contribution in [1.82, 2.24) is 0 Å². The first-order valence-electron chi connectivity index (χ1n) is 8.04. The molecule has 1 heterocycles. The number of aliphatic imine (C=N–C) groups is 1.